The molecule has 1 aliphatic rings. The summed E-state index contributed by atoms with van der Waals surface area (Å²) in [6.45, 7) is 7.51. The van der Waals surface area contributed by atoms with Gasteiger partial charge < -0.3 is 5.32 Å². The molecule has 152 valence electrons. The monoisotopic (exact) mass is 426 g/mol. The molecule has 4 rings (SSSR count). The molecule has 0 bridgehead atoms. The van der Waals surface area contributed by atoms with Gasteiger partial charge in [-0.2, -0.15) is 0 Å². The molecule has 1 amide bonds. The Morgan fingerprint density at radius 2 is 1.97 bits per heavy atom. The zero-order valence-corrected chi connectivity index (χ0v) is 18.5. The van der Waals surface area contributed by atoms with Crippen molar-refractivity contribution < 1.29 is 4.79 Å². The summed E-state index contributed by atoms with van der Waals surface area (Å²) in [5, 5.41) is 8.55. The Morgan fingerprint density at radius 1 is 1.17 bits per heavy atom. The van der Waals surface area contributed by atoms with E-state index in [2.05, 4.69) is 58.3 Å². The van der Waals surface area contributed by atoms with Crippen molar-refractivity contribution in [2.24, 2.45) is 5.92 Å². The van der Waals surface area contributed by atoms with Crippen LogP contribution < -0.4 is 5.32 Å². The number of carbonyl (C=O) groups is 1. The summed E-state index contributed by atoms with van der Waals surface area (Å²) >= 11 is 3.06. The van der Waals surface area contributed by atoms with Crippen LogP contribution in [0.2, 0.25) is 0 Å². The molecule has 0 aliphatic carbocycles. The van der Waals surface area contributed by atoms with Gasteiger partial charge in [-0.15, -0.1) is 22.7 Å². The standard InChI is InChI=1S/C22H26N4OS2/c1-15-5-7-17(8-6-15)21-23-18(13-28-21)10-20(27)25-22-24-19(14-29-22)12-26-9-3-4-16(2)11-26/h5-8,13-14,16H,3-4,9-12H2,1-2H3,(H,24,25,27). The smallest absolute Gasteiger partial charge is 0.232 e. The van der Waals surface area contributed by atoms with Gasteiger partial charge in [0.25, 0.3) is 0 Å². The van der Waals surface area contributed by atoms with Gasteiger partial charge in [-0.05, 0) is 32.2 Å². The Hall–Kier alpha value is -2.09. The highest BCUT2D eigenvalue weighted by Crippen LogP contribution is 2.25. The molecule has 1 atom stereocenters. The van der Waals surface area contributed by atoms with Gasteiger partial charge in [0.1, 0.15) is 5.01 Å². The lowest BCUT2D eigenvalue weighted by molar-refractivity contribution is -0.115. The lowest BCUT2D eigenvalue weighted by atomic mass is 10.0. The lowest BCUT2D eigenvalue weighted by Gasteiger charge is -2.30. The van der Waals surface area contributed by atoms with E-state index in [9.17, 15) is 4.79 Å². The van der Waals surface area contributed by atoms with Crippen molar-refractivity contribution in [3.63, 3.8) is 0 Å². The van der Waals surface area contributed by atoms with Gasteiger partial charge in [-0.25, -0.2) is 9.97 Å². The molecule has 3 aromatic rings. The number of nitrogens with zero attached hydrogens (tertiary/aromatic N) is 3. The van der Waals surface area contributed by atoms with E-state index in [-0.39, 0.29) is 12.3 Å². The van der Waals surface area contributed by atoms with E-state index in [1.807, 2.05) is 10.8 Å². The maximum absolute atomic E-state index is 12.4. The summed E-state index contributed by atoms with van der Waals surface area (Å²) in [7, 11) is 0. The minimum absolute atomic E-state index is 0.0711. The molecule has 5 nitrogen and oxygen atoms in total. The topological polar surface area (TPSA) is 58.1 Å². The van der Waals surface area contributed by atoms with Gasteiger partial charge in [-0.1, -0.05) is 36.8 Å². The van der Waals surface area contributed by atoms with Gasteiger partial charge in [0, 0.05) is 29.4 Å². The van der Waals surface area contributed by atoms with Crippen LogP contribution in [0.15, 0.2) is 35.0 Å². The molecule has 0 saturated carbocycles. The van der Waals surface area contributed by atoms with Crippen LogP contribution in [0.4, 0.5) is 5.13 Å². The lowest BCUT2D eigenvalue weighted by Crippen LogP contribution is -2.33. The number of hydrogen-bond acceptors (Lipinski definition) is 6. The Kier molecular flexibility index (Phi) is 6.37. The Balaban J connectivity index is 1.31. The summed E-state index contributed by atoms with van der Waals surface area (Å²) in [6.07, 6.45) is 2.84. The third kappa shape index (κ3) is 5.50. The van der Waals surface area contributed by atoms with E-state index < -0.39 is 0 Å². The van der Waals surface area contributed by atoms with Crippen molar-refractivity contribution in [2.75, 3.05) is 18.4 Å². The highest BCUT2D eigenvalue weighted by Gasteiger charge is 2.18. The fourth-order valence-corrected chi connectivity index (χ4v) is 5.18. The number of piperidine rings is 1. The minimum Gasteiger partial charge on any atom is -0.302 e. The number of aromatic nitrogens is 2. The van der Waals surface area contributed by atoms with Gasteiger partial charge in [-0.3, -0.25) is 9.69 Å². The number of nitrogens with one attached hydrogen (secondary N) is 1. The molecule has 2 aromatic heterocycles. The number of thiazole rings is 2. The molecule has 3 heterocycles. The number of rotatable bonds is 6. The zero-order chi connectivity index (χ0) is 20.2. The first-order valence-corrected chi connectivity index (χ1v) is 11.8. The molecule has 0 spiro atoms. The van der Waals surface area contributed by atoms with Crippen LogP contribution in [0.25, 0.3) is 10.6 Å². The average Bonchev–Trinajstić information content (AvgIpc) is 3.32. The summed E-state index contributed by atoms with van der Waals surface area (Å²) in [5.41, 5.74) is 4.14. The number of carbonyl (C=O) groups excluding carboxylic acids is 1. The fraction of sp³-hybridized carbons (Fsp3) is 0.409. The Labute approximate surface area is 179 Å². The summed E-state index contributed by atoms with van der Waals surface area (Å²) in [6, 6.07) is 8.29. The number of benzene rings is 1. The first-order chi connectivity index (χ1) is 14.0. The second-order valence-electron chi connectivity index (χ2n) is 7.86. The maximum atomic E-state index is 12.4. The van der Waals surface area contributed by atoms with Crippen LogP contribution >= 0.6 is 22.7 Å². The van der Waals surface area contributed by atoms with Crippen LogP contribution in [0.5, 0.6) is 0 Å². The number of aryl methyl sites for hydroxylation is 1. The van der Waals surface area contributed by atoms with Crippen molar-refractivity contribution >= 4 is 33.7 Å². The number of amides is 1. The highest BCUT2D eigenvalue weighted by atomic mass is 32.1. The molecular weight excluding hydrogens is 400 g/mol. The van der Waals surface area contributed by atoms with Crippen LogP contribution in [0.1, 0.15) is 36.7 Å². The highest BCUT2D eigenvalue weighted by molar-refractivity contribution is 7.14. The van der Waals surface area contributed by atoms with Crippen LogP contribution in [0, 0.1) is 12.8 Å². The maximum Gasteiger partial charge on any atom is 0.232 e. The molecule has 29 heavy (non-hydrogen) atoms. The molecule has 1 unspecified atom stereocenters. The molecular formula is C22H26N4OS2. The number of hydrogen-bond donors (Lipinski definition) is 1. The van der Waals surface area contributed by atoms with Gasteiger partial charge in [0.2, 0.25) is 5.91 Å². The van der Waals surface area contributed by atoms with Crippen molar-refractivity contribution in [3.8, 4) is 10.6 Å². The predicted molar refractivity (Wildman–Crippen MR) is 120 cm³/mol. The summed E-state index contributed by atoms with van der Waals surface area (Å²) < 4.78 is 0. The summed E-state index contributed by atoms with van der Waals surface area (Å²) in [4.78, 5) is 24.1. The van der Waals surface area contributed by atoms with E-state index in [0.717, 1.165) is 47.5 Å². The molecule has 7 heteroatoms. The Bertz CT molecular complexity index is 963. The quantitative estimate of drug-likeness (QED) is 0.603. The molecule has 1 aliphatic heterocycles. The normalized spacial score (nSPS) is 17.4. The van der Waals surface area contributed by atoms with Gasteiger partial charge in [0.05, 0.1) is 17.8 Å². The van der Waals surface area contributed by atoms with Crippen LogP contribution in [-0.2, 0) is 17.8 Å². The van der Waals surface area contributed by atoms with Gasteiger partial charge in [0.15, 0.2) is 5.13 Å². The number of likely N-dealkylation sites (tertiary alicyclic amines) is 1. The van der Waals surface area contributed by atoms with E-state index in [1.165, 1.54) is 29.7 Å². The number of anilines is 1. The molecule has 1 aromatic carbocycles. The third-order valence-electron chi connectivity index (χ3n) is 5.12. The van der Waals surface area contributed by atoms with E-state index in [0.29, 0.717) is 5.13 Å². The van der Waals surface area contributed by atoms with Crippen LogP contribution in [0.3, 0.4) is 0 Å². The Morgan fingerprint density at radius 3 is 2.76 bits per heavy atom. The average molecular weight is 427 g/mol. The van der Waals surface area contributed by atoms with Gasteiger partial charge >= 0.3 is 0 Å². The zero-order valence-electron chi connectivity index (χ0n) is 16.9. The summed E-state index contributed by atoms with van der Waals surface area (Å²) in [5.74, 6) is 0.683. The second kappa shape index (κ2) is 9.15. The molecule has 1 N–H and O–H groups in total. The van der Waals surface area contributed by atoms with Crippen molar-refractivity contribution in [1.82, 2.24) is 14.9 Å². The molecule has 1 saturated heterocycles. The third-order valence-corrected chi connectivity index (χ3v) is 6.86. The fourth-order valence-electron chi connectivity index (χ4n) is 3.64. The first-order valence-electron chi connectivity index (χ1n) is 10.0. The first kappa shape index (κ1) is 20.2. The van der Waals surface area contributed by atoms with Crippen molar-refractivity contribution in [2.45, 2.75) is 39.7 Å². The predicted octanol–water partition coefficient (Wildman–Crippen LogP) is 4.99. The van der Waals surface area contributed by atoms with E-state index >= 15 is 0 Å². The molecule has 1 fully saturated rings. The van der Waals surface area contributed by atoms with Crippen molar-refractivity contribution in [1.29, 1.82) is 0 Å². The van der Waals surface area contributed by atoms with E-state index in [4.69, 9.17) is 0 Å². The van der Waals surface area contributed by atoms with Crippen molar-refractivity contribution in [3.05, 3.63) is 52.0 Å². The van der Waals surface area contributed by atoms with E-state index in [1.54, 1.807) is 11.3 Å². The SMILES string of the molecule is Cc1ccc(-c2nc(CC(=O)Nc3nc(CN4CCCC(C)C4)cs3)cs2)cc1. The second-order valence-corrected chi connectivity index (χ2v) is 9.58. The largest absolute Gasteiger partial charge is 0.302 e. The molecule has 0 radical (unpaired) electrons. The minimum atomic E-state index is -0.0711. The van der Waals surface area contributed by atoms with Crippen LogP contribution in [-0.4, -0.2) is 33.9 Å².